The molecule has 0 N–H and O–H groups in total. The Bertz CT molecular complexity index is 374. The Morgan fingerprint density at radius 2 is 1.93 bits per heavy atom. The van der Waals surface area contributed by atoms with Crippen molar-refractivity contribution in [3.63, 3.8) is 0 Å². The lowest BCUT2D eigenvalue weighted by atomic mass is 10.1. The van der Waals surface area contributed by atoms with E-state index in [0.717, 1.165) is 34.9 Å². The molecule has 2 nitrogen and oxygen atoms in total. The highest BCUT2D eigenvalue weighted by Crippen LogP contribution is 2.35. The molecule has 0 fully saturated rings. The number of allylic oxidation sites excluding steroid dienone is 1. The highest BCUT2D eigenvalue weighted by atomic mass is 35.5. The Hall–Kier alpha value is -1.15. The third-order valence-electron chi connectivity index (χ3n) is 2.33. The number of ether oxygens (including phenoxy) is 2. The SMILES string of the molecule is C=CCCc1cc2c(cc1Cl)OCCO2. The monoisotopic (exact) mass is 224 g/mol. The fraction of sp³-hybridized carbons (Fsp3) is 0.333. The van der Waals surface area contributed by atoms with Crippen LogP contribution in [0.15, 0.2) is 24.8 Å². The van der Waals surface area contributed by atoms with E-state index in [2.05, 4.69) is 6.58 Å². The average molecular weight is 225 g/mol. The fourth-order valence-electron chi connectivity index (χ4n) is 1.56. The number of benzene rings is 1. The van der Waals surface area contributed by atoms with Crippen LogP contribution in [0.25, 0.3) is 0 Å². The number of hydrogen-bond acceptors (Lipinski definition) is 2. The number of halogens is 1. The van der Waals surface area contributed by atoms with Gasteiger partial charge in [0, 0.05) is 11.1 Å². The standard InChI is InChI=1S/C12H13ClO2/c1-2-3-4-9-7-11-12(8-10(9)13)15-6-5-14-11/h2,7-8H,1,3-6H2. The molecule has 0 amide bonds. The van der Waals surface area contributed by atoms with Gasteiger partial charge in [-0.2, -0.15) is 0 Å². The molecular weight excluding hydrogens is 212 g/mol. The van der Waals surface area contributed by atoms with Gasteiger partial charge in [0.2, 0.25) is 0 Å². The van der Waals surface area contributed by atoms with Crippen molar-refractivity contribution in [1.82, 2.24) is 0 Å². The first-order valence-electron chi connectivity index (χ1n) is 5.00. The minimum Gasteiger partial charge on any atom is -0.486 e. The molecule has 0 aromatic heterocycles. The molecule has 15 heavy (non-hydrogen) atoms. The lowest BCUT2D eigenvalue weighted by Crippen LogP contribution is -2.15. The minimum absolute atomic E-state index is 0.593. The number of aryl methyl sites for hydroxylation is 1. The summed E-state index contributed by atoms with van der Waals surface area (Å²) in [6.45, 7) is 4.89. The first-order valence-corrected chi connectivity index (χ1v) is 5.38. The van der Waals surface area contributed by atoms with Gasteiger partial charge in [0.05, 0.1) is 0 Å². The van der Waals surface area contributed by atoms with Gasteiger partial charge in [-0.25, -0.2) is 0 Å². The largest absolute Gasteiger partial charge is 0.486 e. The summed E-state index contributed by atoms with van der Waals surface area (Å²) < 4.78 is 10.9. The van der Waals surface area contributed by atoms with E-state index in [-0.39, 0.29) is 0 Å². The van der Waals surface area contributed by atoms with Crippen LogP contribution in [0.1, 0.15) is 12.0 Å². The van der Waals surface area contributed by atoms with Crippen LogP contribution in [0.2, 0.25) is 5.02 Å². The van der Waals surface area contributed by atoms with Crippen LogP contribution < -0.4 is 9.47 Å². The Kier molecular flexibility index (Phi) is 3.17. The van der Waals surface area contributed by atoms with Gasteiger partial charge in [-0.3, -0.25) is 0 Å². The zero-order valence-electron chi connectivity index (χ0n) is 8.46. The maximum Gasteiger partial charge on any atom is 0.162 e. The van der Waals surface area contributed by atoms with Gasteiger partial charge in [0.25, 0.3) is 0 Å². The second-order valence-electron chi connectivity index (χ2n) is 3.41. The first kappa shape index (κ1) is 10.4. The van der Waals surface area contributed by atoms with E-state index in [9.17, 15) is 0 Å². The molecule has 1 aliphatic heterocycles. The normalized spacial score (nSPS) is 13.7. The highest BCUT2D eigenvalue weighted by Gasteiger charge is 2.14. The van der Waals surface area contributed by atoms with Crippen molar-refractivity contribution in [2.45, 2.75) is 12.8 Å². The summed E-state index contributed by atoms with van der Waals surface area (Å²) in [7, 11) is 0. The van der Waals surface area contributed by atoms with Gasteiger partial charge in [-0.15, -0.1) is 6.58 Å². The van der Waals surface area contributed by atoms with Crippen LogP contribution in [-0.4, -0.2) is 13.2 Å². The van der Waals surface area contributed by atoms with Crippen molar-refractivity contribution >= 4 is 11.6 Å². The molecule has 0 spiro atoms. The second-order valence-corrected chi connectivity index (χ2v) is 3.82. The van der Waals surface area contributed by atoms with Crippen LogP contribution in [0.5, 0.6) is 11.5 Å². The quantitative estimate of drug-likeness (QED) is 0.734. The van der Waals surface area contributed by atoms with Gasteiger partial charge in [0.15, 0.2) is 11.5 Å². The zero-order chi connectivity index (χ0) is 10.7. The van der Waals surface area contributed by atoms with Crippen molar-refractivity contribution in [3.8, 4) is 11.5 Å². The maximum absolute atomic E-state index is 6.13. The Morgan fingerprint density at radius 3 is 2.60 bits per heavy atom. The van der Waals surface area contributed by atoms with E-state index in [0.29, 0.717) is 13.2 Å². The molecular formula is C12H13ClO2. The molecule has 1 aliphatic rings. The van der Waals surface area contributed by atoms with Crippen LogP contribution >= 0.6 is 11.6 Å². The number of rotatable bonds is 3. The Labute approximate surface area is 94.5 Å². The van der Waals surface area contributed by atoms with E-state index in [1.54, 1.807) is 0 Å². The minimum atomic E-state index is 0.593. The summed E-state index contributed by atoms with van der Waals surface area (Å²) in [5.41, 5.74) is 1.08. The molecule has 2 rings (SSSR count). The van der Waals surface area contributed by atoms with E-state index in [1.807, 2.05) is 18.2 Å². The van der Waals surface area contributed by atoms with Gasteiger partial charge in [0.1, 0.15) is 13.2 Å². The first-order chi connectivity index (χ1) is 7.31. The maximum atomic E-state index is 6.13. The number of hydrogen-bond donors (Lipinski definition) is 0. The van der Waals surface area contributed by atoms with Crippen molar-refractivity contribution in [2.24, 2.45) is 0 Å². The summed E-state index contributed by atoms with van der Waals surface area (Å²) in [4.78, 5) is 0. The summed E-state index contributed by atoms with van der Waals surface area (Å²) >= 11 is 6.13. The second kappa shape index (κ2) is 4.58. The van der Waals surface area contributed by atoms with Gasteiger partial charge < -0.3 is 9.47 Å². The van der Waals surface area contributed by atoms with E-state index in [4.69, 9.17) is 21.1 Å². The zero-order valence-corrected chi connectivity index (χ0v) is 9.22. The predicted octanol–water partition coefficient (Wildman–Crippen LogP) is 3.23. The molecule has 0 saturated heterocycles. The molecule has 0 aliphatic carbocycles. The van der Waals surface area contributed by atoms with E-state index >= 15 is 0 Å². The molecule has 0 radical (unpaired) electrons. The molecule has 0 bridgehead atoms. The van der Waals surface area contributed by atoms with Gasteiger partial charge >= 0.3 is 0 Å². The summed E-state index contributed by atoms with van der Waals surface area (Å²) in [6, 6.07) is 3.79. The van der Waals surface area contributed by atoms with E-state index < -0.39 is 0 Å². The summed E-state index contributed by atoms with van der Waals surface area (Å²) in [5.74, 6) is 1.54. The van der Waals surface area contributed by atoms with Gasteiger partial charge in [-0.1, -0.05) is 17.7 Å². The topological polar surface area (TPSA) is 18.5 Å². The van der Waals surface area contributed by atoms with Crippen LogP contribution in [-0.2, 0) is 6.42 Å². The highest BCUT2D eigenvalue weighted by molar-refractivity contribution is 6.31. The molecule has 1 aromatic rings. The molecule has 80 valence electrons. The predicted molar refractivity (Wildman–Crippen MR) is 61.0 cm³/mol. The third-order valence-corrected chi connectivity index (χ3v) is 2.68. The molecule has 0 saturated carbocycles. The smallest absolute Gasteiger partial charge is 0.162 e. The molecule has 1 aromatic carbocycles. The fourth-order valence-corrected chi connectivity index (χ4v) is 1.80. The van der Waals surface area contributed by atoms with Crippen molar-refractivity contribution in [2.75, 3.05) is 13.2 Å². The Morgan fingerprint density at radius 1 is 1.27 bits per heavy atom. The van der Waals surface area contributed by atoms with E-state index in [1.165, 1.54) is 0 Å². The van der Waals surface area contributed by atoms with Crippen molar-refractivity contribution < 1.29 is 9.47 Å². The van der Waals surface area contributed by atoms with Crippen LogP contribution in [0.4, 0.5) is 0 Å². The van der Waals surface area contributed by atoms with Gasteiger partial charge in [-0.05, 0) is 24.5 Å². The summed E-state index contributed by atoms with van der Waals surface area (Å²) in [6.07, 6.45) is 3.69. The lowest BCUT2D eigenvalue weighted by molar-refractivity contribution is 0.171. The molecule has 0 unspecified atom stereocenters. The van der Waals surface area contributed by atoms with Crippen LogP contribution in [0.3, 0.4) is 0 Å². The molecule has 3 heteroatoms. The van der Waals surface area contributed by atoms with Crippen molar-refractivity contribution in [1.29, 1.82) is 0 Å². The average Bonchev–Trinajstić information content (AvgIpc) is 2.26. The molecule has 0 atom stereocenters. The number of fused-ring (bicyclic) bond motifs is 1. The molecule has 1 heterocycles. The Balaban J connectivity index is 2.27. The third kappa shape index (κ3) is 2.26. The summed E-state index contributed by atoms with van der Waals surface area (Å²) in [5, 5.41) is 0.737. The van der Waals surface area contributed by atoms with Crippen LogP contribution in [0, 0.1) is 0 Å². The lowest BCUT2D eigenvalue weighted by Gasteiger charge is -2.19. The van der Waals surface area contributed by atoms with Crippen molar-refractivity contribution in [3.05, 3.63) is 35.4 Å².